The molecule has 3 aromatic rings. The average Bonchev–Trinajstić information content (AvgIpc) is 3.09. The van der Waals surface area contributed by atoms with Crippen molar-refractivity contribution < 1.29 is 19.1 Å². The lowest BCUT2D eigenvalue weighted by atomic mass is 10.0. The van der Waals surface area contributed by atoms with Crippen LogP contribution in [-0.2, 0) is 22.5 Å². The molecule has 1 aromatic heterocycles. The molecule has 0 bridgehead atoms. The maximum Gasteiger partial charge on any atom is 0.341 e. The number of hydrogen-bond donors (Lipinski definition) is 1. The molecule has 0 unspecified atom stereocenters. The van der Waals surface area contributed by atoms with Crippen molar-refractivity contribution in [3.63, 3.8) is 0 Å². The van der Waals surface area contributed by atoms with Crippen LogP contribution >= 0.6 is 11.3 Å². The van der Waals surface area contributed by atoms with Crippen LogP contribution < -0.4 is 5.32 Å². The lowest BCUT2D eigenvalue weighted by Gasteiger charge is -2.25. The van der Waals surface area contributed by atoms with E-state index in [0.29, 0.717) is 35.6 Å². The smallest absolute Gasteiger partial charge is 0.341 e. The van der Waals surface area contributed by atoms with E-state index in [-0.39, 0.29) is 11.8 Å². The highest BCUT2D eigenvalue weighted by Crippen LogP contribution is 2.38. The van der Waals surface area contributed by atoms with Crippen molar-refractivity contribution in [2.75, 3.05) is 19.0 Å². The van der Waals surface area contributed by atoms with Crippen LogP contribution in [-0.4, -0.2) is 36.3 Å². The van der Waals surface area contributed by atoms with E-state index in [9.17, 15) is 14.4 Å². The van der Waals surface area contributed by atoms with Crippen molar-refractivity contribution in [1.82, 2.24) is 4.90 Å². The topological polar surface area (TPSA) is 75.7 Å². The van der Waals surface area contributed by atoms with E-state index < -0.39 is 5.97 Å². The summed E-state index contributed by atoms with van der Waals surface area (Å²) in [6, 6.07) is 13.3. The molecule has 0 fully saturated rings. The zero-order valence-electron chi connectivity index (χ0n) is 16.2. The Morgan fingerprint density at radius 2 is 1.86 bits per heavy atom. The third-order valence-corrected chi connectivity index (χ3v) is 6.26. The second kappa shape index (κ2) is 7.67. The number of carbonyl (C=O) groups is 3. The van der Waals surface area contributed by atoms with E-state index >= 15 is 0 Å². The second-order valence-corrected chi connectivity index (χ2v) is 8.01. The largest absolute Gasteiger partial charge is 0.465 e. The molecule has 0 spiro atoms. The molecule has 0 radical (unpaired) electrons. The number of nitrogens with one attached hydrogen (secondary N) is 1. The summed E-state index contributed by atoms with van der Waals surface area (Å²) < 4.78 is 4.96. The van der Waals surface area contributed by atoms with Gasteiger partial charge in [-0.05, 0) is 34.9 Å². The van der Waals surface area contributed by atoms with Gasteiger partial charge in [-0.1, -0.05) is 30.3 Å². The third-order valence-electron chi connectivity index (χ3n) is 5.13. The monoisotopic (exact) mass is 408 g/mol. The van der Waals surface area contributed by atoms with Crippen molar-refractivity contribution in [2.45, 2.75) is 19.9 Å². The highest BCUT2D eigenvalue weighted by atomic mass is 32.1. The van der Waals surface area contributed by atoms with Crippen molar-refractivity contribution >= 4 is 44.9 Å². The summed E-state index contributed by atoms with van der Waals surface area (Å²) in [5.74, 6) is -0.777. The van der Waals surface area contributed by atoms with Gasteiger partial charge >= 0.3 is 5.97 Å². The van der Waals surface area contributed by atoms with Crippen molar-refractivity contribution in [2.24, 2.45) is 0 Å². The zero-order chi connectivity index (χ0) is 20.5. The number of benzene rings is 2. The number of fused-ring (bicyclic) bond motifs is 2. The summed E-state index contributed by atoms with van der Waals surface area (Å²) in [5, 5.41) is 5.37. The lowest BCUT2D eigenvalue weighted by Crippen LogP contribution is -2.33. The Bertz CT molecular complexity index is 1140. The Kier molecular flexibility index (Phi) is 5.07. The van der Waals surface area contributed by atoms with E-state index in [0.717, 1.165) is 21.2 Å². The highest BCUT2D eigenvalue weighted by molar-refractivity contribution is 7.17. The van der Waals surface area contributed by atoms with Crippen LogP contribution in [0.15, 0.2) is 42.5 Å². The molecule has 4 rings (SSSR count). The van der Waals surface area contributed by atoms with Crippen LogP contribution in [0.2, 0.25) is 0 Å². The van der Waals surface area contributed by atoms with Gasteiger partial charge in [0, 0.05) is 23.9 Å². The minimum Gasteiger partial charge on any atom is -0.465 e. The zero-order valence-corrected chi connectivity index (χ0v) is 17.0. The number of rotatable bonds is 3. The maximum absolute atomic E-state index is 12.9. The van der Waals surface area contributed by atoms with Gasteiger partial charge in [0.1, 0.15) is 5.00 Å². The van der Waals surface area contributed by atoms with Crippen LogP contribution in [0.1, 0.15) is 38.1 Å². The fourth-order valence-corrected chi connectivity index (χ4v) is 4.83. The number of methoxy groups -OCH3 is 1. The summed E-state index contributed by atoms with van der Waals surface area (Å²) in [7, 11) is 1.33. The van der Waals surface area contributed by atoms with Crippen molar-refractivity contribution in [1.29, 1.82) is 0 Å². The molecule has 0 aliphatic carbocycles. The molecular weight excluding hydrogens is 388 g/mol. The Morgan fingerprint density at radius 3 is 2.59 bits per heavy atom. The van der Waals surface area contributed by atoms with Crippen molar-refractivity contribution in [3.8, 4) is 0 Å². The number of nitrogens with zero attached hydrogens (tertiary/aromatic N) is 1. The quantitative estimate of drug-likeness (QED) is 0.668. The summed E-state index contributed by atoms with van der Waals surface area (Å²) in [6.45, 7) is 2.51. The predicted octanol–water partition coefficient (Wildman–Crippen LogP) is 3.84. The van der Waals surface area contributed by atoms with Gasteiger partial charge in [-0.3, -0.25) is 9.59 Å². The molecule has 1 aliphatic rings. The van der Waals surface area contributed by atoms with Gasteiger partial charge in [0.25, 0.3) is 5.91 Å². The third kappa shape index (κ3) is 3.61. The molecule has 1 N–H and O–H groups in total. The number of esters is 1. The first-order valence-corrected chi connectivity index (χ1v) is 10.1. The van der Waals surface area contributed by atoms with E-state index in [1.807, 2.05) is 36.4 Å². The van der Waals surface area contributed by atoms with E-state index in [4.69, 9.17) is 4.74 Å². The molecule has 148 valence electrons. The first-order valence-electron chi connectivity index (χ1n) is 9.26. The first-order chi connectivity index (χ1) is 14.0. The average molecular weight is 408 g/mol. The van der Waals surface area contributed by atoms with Gasteiger partial charge in [-0.2, -0.15) is 0 Å². The number of ether oxygens (including phenoxy) is 1. The Hall–Kier alpha value is -3.19. The van der Waals surface area contributed by atoms with E-state index in [1.165, 1.54) is 25.4 Å². The van der Waals surface area contributed by atoms with Crippen LogP contribution in [0.25, 0.3) is 10.8 Å². The van der Waals surface area contributed by atoms with Crippen LogP contribution in [0.4, 0.5) is 5.00 Å². The highest BCUT2D eigenvalue weighted by Gasteiger charge is 2.30. The molecule has 2 heterocycles. The van der Waals surface area contributed by atoms with E-state index in [2.05, 4.69) is 5.32 Å². The number of hydrogen-bond acceptors (Lipinski definition) is 5. The lowest BCUT2D eigenvalue weighted by molar-refractivity contribution is -0.129. The SMILES string of the molecule is COC(=O)c1c(NC(=O)c2ccc3ccccc3c2)sc2c1CCN(C(C)=O)C2. The predicted molar refractivity (Wildman–Crippen MR) is 112 cm³/mol. The molecule has 6 nitrogen and oxygen atoms in total. The number of thiophene rings is 1. The number of amides is 2. The minimum absolute atomic E-state index is 0.00887. The standard InChI is InChI=1S/C22H20N2O4S/c1-13(25)24-10-9-17-18(12-24)29-21(19(17)22(27)28-2)23-20(26)16-8-7-14-5-3-4-6-15(14)11-16/h3-8,11H,9-10,12H2,1-2H3,(H,23,26). The van der Waals surface area contributed by atoms with Crippen LogP contribution in [0, 0.1) is 0 Å². The summed E-state index contributed by atoms with van der Waals surface area (Å²) >= 11 is 1.33. The molecule has 2 amide bonds. The molecule has 0 saturated carbocycles. The Labute approximate surface area is 172 Å². The summed E-state index contributed by atoms with van der Waals surface area (Å²) in [4.78, 5) is 39.7. The van der Waals surface area contributed by atoms with Gasteiger partial charge in [0.05, 0.1) is 19.2 Å². The van der Waals surface area contributed by atoms with Crippen molar-refractivity contribution in [3.05, 3.63) is 64.0 Å². The fourth-order valence-electron chi connectivity index (χ4n) is 3.58. The number of anilines is 1. The van der Waals surface area contributed by atoms with Crippen LogP contribution in [0.5, 0.6) is 0 Å². The molecule has 29 heavy (non-hydrogen) atoms. The molecule has 2 aromatic carbocycles. The molecular formula is C22H20N2O4S. The number of carbonyl (C=O) groups excluding carboxylic acids is 3. The summed E-state index contributed by atoms with van der Waals surface area (Å²) in [5.41, 5.74) is 1.76. The Morgan fingerprint density at radius 1 is 1.10 bits per heavy atom. The maximum atomic E-state index is 12.9. The van der Waals surface area contributed by atoms with Gasteiger partial charge < -0.3 is 15.0 Å². The first kappa shape index (κ1) is 19.1. The molecule has 7 heteroatoms. The molecule has 0 saturated heterocycles. The van der Waals surface area contributed by atoms with Gasteiger partial charge in [-0.15, -0.1) is 11.3 Å². The normalized spacial score (nSPS) is 13.1. The fraction of sp³-hybridized carbons (Fsp3) is 0.227. The summed E-state index contributed by atoms with van der Waals surface area (Å²) in [6.07, 6.45) is 0.557. The van der Waals surface area contributed by atoms with Gasteiger partial charge in [0.15, 0.2) is 0 Å². The minimum atomic E-state index is -0.479. The van der Waals surface area contributed by atoms with E-state index in [1.54, 1.807) is 11.0 Å². The molecule has 1 aliphatic heterocycles. The van der Waals surface area contributed by atoms with Gasteiger partial charge in [0.2, 0.25) is 5.91 Å². The Balaban J connectivity index is 1.67. The van der Waals surface area contributed by atoms with Gasteiger partial charge in [-0.25, -0.2) is 4.79 Å². The molecule has 0 atom stereocenters. The van der Waals surface area contributed by atoms with Crippen LogP contribution in [0.3, 0.4) is 0 Å². The second-order valence-electron chi connectivity index (χ2n) is 6.91.